The molecule has 144 valence electrons. The van der Waals surface area contributed by atoms with Gasteiger partial charge in [0.25, 0.3) is 0 Å². The van der Waals surface area contributed by atoms with Gasteiger partial charge in [0.2, 0.25) is 12.7 Å². The summed E-state index contributed by atoms with van der Waals surface area (Å²) in [5, 5.41) is 7.14. The molecule has 6 nitrogen and oxygen atoms in total. The average molecular weight is 377 g/mol. The Morgan fingerprint density at radius 3 is 2.64 bits per heavy atom. The van der Waals surface area contributed by atoms with E-state index in [1.54, 1.807) is 4.90 Å². The Morgan fingerprint density at radius 1 is 1.11 bits per heavy atom. The highest BCUT2D eigenvalue weighted by atomic mass is 16.7. The Balaban J connectivity index is 1.56. The van der Waals surface area contributed by atoms with Crippen molar-refractivity contribution in [2.45, 2.75) is 25.8 Å². The summed E-state index contributed by atoms with van der Waals surface area (Å²) in [4.78, 5) is 14.7. The first-order chi connectivity index (χ1) is 13.6. The number of nitrogens with one attached hydrogen (secondary N) is 1. The van der Waals surface area contributed by atoms with Gasteiger partial charge in [0, 0.05) is 25.1 Å². The number of H-pyrrole nitrogens is 1. The van der Waals surface area contributed by atoms with Crippen molar-refractivity contribution < 1.29 is 14.3 Å². The number of aromatic amines is 1. The molecule has 1 aromatic heterocycles. The molecule has 28 heavy (non-hydrogen) atoms. The summed E-state index contributed by atoms with van der Waals surface area (Å²) in [6.45, 7) is 2.66. The number of aromatic nitrogens is 2. The minimum atomic E-state index is -0.0634. The molecular formula is C22H23N3O3. The highest BCUT2D eigenvalue weighted by molar-refractivity contribution is 5.77. The van der Waals surface area contributed by atoms with Crippen molar-refractivity contribution in [3.63, 3.8) is 0 Å². The second-order valence-corrected chi connectivity index (χ2v) is 7.07. The van der Waals surface area contributed by atoms with Gasteiger partial charge in [-0.1, -0.05) is 36.4 Å². The van der Waals surface area contributed by atoms with Gasteiger partial charge in [-0.3, -0.25) is 9.89 Å². The molecule has 6 heteroatoms. The molecule has 0 saturated carbocycles. The fourth-order valence-corrected chi connectivity index (χ4v) is 3.46. The van der Waals surface area contributed by atoms with Crippen molar-refractivity contribution in [2.24, 2.45) is 0 Å². The largest absolute Gasteiger partial charge is 0.454 e. The van der Waals surface area contributed by atoms with E-state index < -0.39 is 0 Å². The minimum Gasteiger partial charge on any atom is -0.454 e. The van der Waals surface area contributed by atoms with E-state index in [1.165, 1.54) is 0 Å². The maximum Gasteiger partial charge on any atom is 0.231 e. The SMILES string of the molecule is Cc1cc(CN(C)C(=O)CC(c2ccccc2)c2ccc3c(c2)OCO3)n[nH]1. The van der Waals surface area contributed by atoms with Gasteiger partial charge < -0.3 is 14.4 Å². The van der Waals surface area contributed by atoms with Crippen LogP contribution in [0.1, 0.15) is 34.9 Å². The number of fused-ring (bicyclic) bond motifs is 1. The summed E-state index contributed by atoms with van der Waals surface area (Å²) < 4.78 is 10.9. The van der Waals surface area contributed by atoms with E-state index in [1.807, 2.05) is 56.4 Å². The molecule has 1 atom stereocenters. The van der Waals surface area contributed by atoms with Crippen molar-refractivity contribution in [3.8, 4) is 11.5 Å². The first-order valence-electron chi connectivity index (χ1n) is 9.29. The number of carbonyl (C=O) groups excluding carboxylic acids is 1. The van der Waals surface area contributed by atoms with Crippen LogP contribution in [0.5, 0.6) is 11.5 Å². The summed E-state index contributed by atoms with van der Waals surface area (Å²) in [6.07, 6.45) is 0.365. The Bertz CT molecular complexity index is 968. The molecule has 2 heterocycles. The lowest BCUT2D eigenvalue weighted by atomic mass is 9.88. The molecule has 0 saturated heterocycles. The van der Waals surface area contributed by atoms with Crippen LogP contribution in [0.2, 0.25) is 0 Å². The molecule has 0 spiro atoms. The summed E-state index contributed by atoms with van der Waals surface area (Å²) in [5.74, 6) is 1.47. The van der Waals surface area contributed by atoms with Gasteiger partial charge >= 0.3 is 0 Å². The highest BCUT2D eigenvalue weighted by Crippen LogP contribution is 2.37. The third-order valence-corrected chi connectivity index (χ3v) is 4.96. The first-order valence-corrected chi connectivity index (χ1v) is 9.29. The minimum absolute atomic E-state index is 0.0622. The topological polar surface area (TPSA) is 67.5 Å². The third-order valence-electron chi connectivity index (χ3n) is 4.96. The normalized spacial score (nSPS) is 13.4. The molecule has 3 aromatic rings. The Labute approximate surface area is 164 Å². The number of carbonyl (C=O) groups is 1. The quantitative estimate of drug-likeness (QED) is 0.712. The van der Waals surface area contributed by atoms with E-state index in [-0.39, 0.29) is 18.6 Å². The fourth-order valence-electron chi connectivity index (χ4n) is 3.46. The Morgan fingerprint density at radius 2 is 1.89 bits per heavy atom. The van der Waals surface area contributed by atoms with Gasteiger partial charge in [-0.15, -0.1) is 0 Å². The highest BCUT2D eigenvalue weighted by Gasteiger charge is 2.23. The molecule has 0 aliphatic carbocycles. The smallest absolute Gasteiger partial charge is 0.231 e. The van der Waals surface area contributed by atoms with Gasteiger partial charge in [-0.2, -0.15) is 5.10 Å². The van der Waals surface area contributed by atoms with E-state index in [0.717, 1.165) is 34.0 Å². The van der Waals surface area contributed by atoms with Crippen molar-refractivity contribution >= 4 is 5.91 Å². The lowest BCUT2D eigenvalue weighted by molar-refractivity contribution is -0.130. The van der Waals surface area contributed by atoms with Gasteiger partial charge in [-0.25, -0.2) is 0 Å². The summed E-state index contributed by atoms with van der Waals surface area (Å²) >= 11 is 0. The van der Waals surface area contributed by atoms with Crippen LogP contribution in [0.25, 0.3) is 0 Å². The Hall–Kier alpha value is -3.28. The predicted molar refractivity (Wildman–Crippen MR) is 105 cm³/mol. The van der Waals surface area contributed by atoms with Gasteiger partial charge in [0.1, 0.15) is 0 Å². The first kappa shape index (κ1) is 18.1. The van der Waals surface area contributed by atoms with Crippen LogP contribution >= 0.6 is 0 Å². The van der Waals surface area contributed by atoms with E-state index in [2.05, 4.69) is 22.3 Å². The van der Waals surface area contributed by atoms with Crippen LogP contribution in [0.4, 0.5) is 0 Å². The lowest BCUT2D eigenvalue weighted by Gasteiger charge is -2.22. The number of aryl methyl sites for hydroxylation is 1. The van der Waals surface area contributed by atoms with Crippen molar-refractivity contribution in [2.75, 3.05) is 13.8 Å². The molecule has 1 unspecified atom stereocenters. The second kappa shape index (κ2) is 7.76. The lowest BCUT2D eigenvalue weighted by Crippen LogP contribution is -2.28. The van der Waals surface area contributed by atoms with Crippen molar-refractivity contribution in [3.05, 3.63) is 77.1 Å². The molecule has 1 amide bonds. The van der Waals surface area contributed by atoms with Gasteiger partial charge in [-0.05, 0) is 36.2 Å². The van der Waals surface area contributed by atoms with Crippen LogP contribution in [-0.2, 0) is 11.3 Å². The van der Waals surface area contributed by atoms with E-state index in [9.17, 15) is 4.79 Å². The molecule has 0 radical (unpaired) electrons. The summed E-state index contributed by atoms with van der Waals surface area (Å²) in [5.41, 5.74) is 3.97. The number of rotatable bonds is 6. The number of hydrogen-bond acceptors (Lipinski definition) is 4. The predicted octanol–water partition coefficient (Wildman–Crippen LogP) is 3.63. The monoisotopic (exact) mass is 377 g/mol. The van der Waals surface area contributed by atoms with Gasteiger partial charge in [0.05, 0.1) is 12.2 Å². The number of nitrogens with zero attached hydrogens (tertiary/aromatic N) is 2. The molecule has 4 rings (SSSR count). The Kier molecular flexibility index (Phi) is 5.02. The molecule has 1 N–H and O–H groups in total. The molecular weight excluding hydrogens is 354 g/mol. The van der Waals surface area contributed by atoms with Crippen LogP contribution in [0, 0.1) is 6.92 Å². The van der Waals surface area contributed by atoms with Crippen molar-refractivity contribution in [1.29, 1.82) is 0 Å². The fraction of sp³-hybridized carbons (Fsp3) is 0.273. The van der Waals surface area contributed by atoms with Crippen LogP contribution < -0.4 is 9.47 Å². The van der Waals surface area contributed by atoms with E-state index in [0.29, 0.717) is 13.0 Å². The number of ether oxygens (including phenoxy) is 2. The second-order valence-electron chi connectivity index (χ2n) is 7.07. The van der Waals surface area contributed by atoms with Crippen LogP contribution in [0.15, 0.2) is 54.6 Å². The summed E-state index contributed by atoms with van der Waals surface area (Å²) in [6, 6.07) is 17.9. The zero-order valence-electron chi connectivity index (χ0n) is 16.0. The van der Waals surface area contributed by atoms with E-state index in [4.69, 9.17) is 9.47 Å². The molecule has 0 bridgehead atoms. The maximum absolute atomic E-state index is 13.0. The third kappa shape index (κ3) is 3.86. The number of amides is 1. The maximum atomic E-state index is 13.0. The number of benzene rings is 2. The standard InChI is InChI=1S/C22H23N3O3/c1-15-10-18(24-23-15)13-25(2)22(26)12-19(16-6-4-3-5-7-16)17-8-9-20-21(11-17)28-14-27-20/h3-11,19H,12-14H2,1-2H3,(H,23,24). The van der Waals surface area contributed by atoms with Crippen LogP contribution in [-0.4, -0.2) is 34.8 Å². The van der Waals surface area contributed by atoms with E-state index >= 15 is 0 Å². The van der Waals surface area contributed by atoms with Gasteiger partial charge in [0.15, 0.2) is 11.5 Å². The molecule has 2 aromatic carbocycles. The average Bonchev–Trinajstić information content (AvgIpc) is 3.34. The molecule has 1 aliphatic heterocycles. The van der Waals surface area contributed by atoms with Crippen LogP contribution in [0.3, 0.4) is 0 Å². The number of hydrogen-bond donors (Lipinski definition) is 1. The molecule has 1 aliphatic rings. The van der Waals surface area contributed by atoms with Crippen molar-refractivity contribution in [1.82, 2.24) is 15.1 Å². The summed E-state index contributed by atoms with van der Waals surface area (Å²) in [7, 11) is 1.81. The molecule has 0 fully saturated rings. The zero-order chi connectivity index (χ0) is 19.5. The zero-order valence-corrected chi connectivity index (χ0v) is 16.0.